The van der Waals surface area contributed by atoms with E-state index in [2.05, 4.69) is 15.8 Å². The van der Waals surface area contributed by atoms with Gasteiger partial charge in [-0.25, -0.2) is 9.59 Å². The summed E-state index contributed by atoms with van der Waals surface area (Å²) in [7, 11) is 0. The van der Waals surface area contributed by atoms with Crippen LogP contribution in [0.2, 0.25) is 0 Å². The van der Waals surface area contributed by atoms with Crippen molar-refractivity contribution in [1.82, 2.24) is 5.16 Å². The van der Waals surface area contributed by atoms with E-state index in [0.717, 1.165) is 5.56 Å². The Hall–Kier alpha value is -2.83. The molecule has 116 valence electrons. The van der Waals surface area contributed by atoms with Gasteiger partial charge in [-0.15, -0.1) is 0 Å². The molecule has 2 rings (SSSR count). The minimum absolute atomic E-state index is 0.0411. The van der Waals surface area contributed by atoms with E-state index in [9.17, 15) is 9.59 Å². The van der Waals surface area contributed by atoms with E-state index in [1.165, 1.54) is 0 Å². The van der Waals surface area contributed by atoms with Gasteiger partial charge in [-0.05, 0) is 32.9 Å². The summed E-state index contributed by atoms with van der Waals surface area (Å²) in [4.78, 5) is 23.8. The Morgan fingerprint density at radius 3 is 2.50 bits per heavy atom. The lowest BCUT2D eigenvalue weighted by molar-refractivity contribution is 0.0526. The quantitative estimate of drug-likeness (QED) is 0.846. The van der Waals surface area contributed by atoms with Gasteiger partial charge < -0.3 is 14.6 Å². The fraction of sp³-hybridized carbons (Fsp3) is 0.267. The number of nitrogens with zero attached hydrogens (tertiary/aromatic N) is 1. The van der Waals surface area contributed by atoms with Gasteiger partial charge in [-0.3, -0.25) is 5.32 Å². The van der Waals surface area contributed by atoms with Crippen LogP contribution in [0.4, 0.5) is 16.4 Å². The third-order valence-corrected chi connectivity index (χ3v) is 2.88. The number of carbonyl (C=O) groups excluding carboxylic acids is 2. The van der Waals surface area contributed by atoms with Crippen molar-refractivity contribution in [3.8, 4) is 0 Å². The molecule has 0 bridgehead atoms. The highest BCUT2D eigenvalue weighted by atomic mass is 16.5. The third kappa shape index (κ3) is 3.63. The van der Waals surface area contributed by atoms with Crippen molar-refractivity contribution in [2.75, 3.05) is 17.2 Å². The number of nitrogens with one attached hydrogen (secondary N) is 2. The fourth-order valence-electron chi connectivity index (χ4n) is 1.80. The van der Waals surface area contributed by atoms with Crippen LogP contribution in [0.3, 0.4) is 0 Å². The maximum Gasteiger partial charge on any atom is 0.345 e. The van der Waals surface area contributed by atoms with Crippen LogP contribution in [0, 0.1) is 13.8 Å². The Labute approximate surface area is 127 Å². The normalized spacial score (nSPS) is 10.1. The molecule has 0 unspecified atom stereocenters. The van der Waals surface area contributed by atoms with E-state index in [0.29, 0.717) is 11.4 Å². The highest BCUT2D eigenvalue weighted by molar-refractivity contribution is 6.04. The van der Waals surface area contributed by atoms with E-state index >= 15 is 0 Å². The van der Waals surface area contributed by atoms with Crippen LogP contribution in [0.15, 0.2) is 28.8 Å². The molecular formula is C15H17N3O4. The van der Waals surface area contributed by atoms with Gasteiger partial charge in [0, 0.05) is 5.69 Å². The van der Waals surface area contributed by atoms with E-state index < -0.39 is 12.0 Å². The molecular weight excluding hydrogens is 286 g/mol. The van der Waals surface area contributed by atoms with Gasteiger partial charge in [0.15, 0.2) is 0 Å². The molecule has 0 aliphatic rings. The van der Waals surface area contributed by atoms with Crippen LogP contribution in [0.1, 0.15) is 28.5 Å². The number of carbonyl (C=O) groups is 2. The molecule has 0 aliphatic heterocycles. The number of hydrogen-bond acceptors (Lipinski definition) is 5. The third-order valence-electron chi connectivity index (χ3n) is 2.88. The molecule has 7 nitrogen and oxygen atoms in total. The van der Waals surface area contributed by atoms with Crippen LogP contribution in [-0.4, -0.2) is 23.8 Å². The standard InChI is InChI=1S/C15H17N3O4/c1-4-21-14(19)12-10(3)18-22-13(12)17-15(20)16-11-7-5-9(2)6-8-11/h5-8H,4H2,1-3H3,(H2,16,17,20). The molecule has 0 spiro atoms. The topological polar surface area (TPSA) is 93.5 Å². The predicted octanol–water partition coefficient (Wildman–Crippen LogP) is 3.11. The highest BCUT2D eigenvalue weighted by Crippen LogP contribution is 2.20. The Bertz CT molecular complexity index is 677. The summed E-state index contributed by atoms with van der Waals surface area (Å²) in [5.74, 6) is -0.632. The van der Waals surface area contributed by atoms with Gasteiger partial charge in [-0.2, -0.15) is 0 Å². The van der Waals surface area contributed by atoms with Crippen molar-refractivity contribution >= 4 is 23.6 Å². The van der Waals surface area contributed by atoms with Gasteiger partial charge in [-0.1, -0.05) is 22.9 Å². The summed E-state index contributed by atoms with van der Waals surface area (Å²) >= 11 is 0. The lowest BCUT2D eigenvalue weighted by Gasteiger charge is -2.07. The zero-order valence-corrected chi connectivity index (χ0v) is 12.6. The van der Waals surface area contributed by atoms with Crippen molar-refractivity contribution in [3.63, 3.8) is 0 Å². The van der Waals surface area contributed by atoms with Gasteiger partial charge in [0.1, 0.15) is 5.56 Å². The summed E-state index contributed by atoms with van der Waals surface area (Å²) in [6.45, 7) is 5.46. The first-order valence-corrected chi connectivity index (χ1v) is 6.79. The minimum Gasteiger partial charge on any atom is -0.462 e. The SMILES string of the molecule is CCOC(=O)c1c(C)noc1NC(=O)Nc1ccc(C)cc1. The van der Waals surface area contributed by atoms with Crippen LogP contribution >= 0.6 is 0 Å². The number of rotatable bonds is 4. The smallest absolute Gasteiger partial charge is 0.345 e. The fourth-order valence-corrected chi connectivity index (χ4v) is 1.80. The summed E-state index contributed by atoms with van der Waals surface area (Å²) < 4.78 is 9.88. The first kappa shape index (κ1) is 15.6. The molecule has 2 N–H and O–H groups in total. The number of ether oxygens (including phenoxy) is 1. The van der Waals surface area contributed by atoms with E-state index in [1.807, 2.05) is 19.1 Å². The monoisotopic (exact) mass is 303 g/mol. The zero-order chi connectivity index (χ0) is 16.1. The van der Waals surface area contributed by atoms with Crippen molar-refractivity contribution < 1.29 is 18.8 Å². The molecule has 2 amide bonds. The van der Waals surface area contributed by atoms with Gasteiger partial charge in [0.05, 0.1) is 12.3 Å². The first-order valence-electron chi connectivity index (χ1n) is 6.79. The molecule has 0 fully saturated rings. The molecule has 7 heteroatoms. The Balaban J connectivity index is 2.08. The average Bonchev–Trinajstić information content (AvgIpc) is 2.82. The minimum atomic E-state index is -0.591. The number of anilines is 2. The molecule has 0 saturated heterocycles. The molecule has 0 aliphatic carbocycles. The number of aryl methyl sites for hydroxylation is 2. The highest BCUT2D eigenvalue weighted by Gasteiger charge is 2.23. The van der Waals surface area contributed by atoms with Gasteiger partial charge in [0.2, 0.25) is 5.88 Å². The van der Waals surface area contributed by atoms with Crippen molar-refractivity contribution in [3.05, 3.63) is 41.1 Å². The number of benzene rings is 1. The lowest BCUT2D eigenvalue weighted by atomic mass is 10.2. The zero-order valence-electron chi connectivity index (χ0n) is 12.6. The Kier molecular flexibility index (Phi) is 4.77. The molecule has 0 radical (unpaired) electrons. The van der Waals surface area contributed by atoms with Crippen LogP contribution < -0.4 is 10.6 Å². The van der Waals surface area contributed by atoms with E-state index in [1.54, 1.807) is 26.0 Å². The molecule has 0 saturated carbocycles. The first-order chi connectivity index (χ1) is 10.5. The van der Waals surface area contributed by atoms with E-state index in [-0.39, 0.29) is 18.1 Å². The molecule has 2 aromatic rings. The summed E-state index contributed by atoms with van der Waals surface area (Å²) in [6, 6.07) is 6.75. The Morgan fingerprint density at radius 1 is 1.18 bits per heavy atom. The van der Waals surface area contributed by atoms with Gasteiger partial charge >= 0.3 is 12.0 Å². The van der Waals surface area contributed by atoms with Crippen LogP contribution in [0.5, 0.6) is 0 Å². The maximum atomic E-state index is 11.9. The molecule has 1 aromatic carbocycles. The molecule has 0 atom stereocenters. The maximum absolute atomic E-state index is 11.9. The van der Waals surface area contributed by atoms with Crippen LogP contribution in [0.25, 0.3) is 0 Å². The molecule has 1 aromatic heterocycles. The van der Waals surface area contributed by atoms with Crippen molar-refractivity contribution in [2.45, 2.75) is 20.8 Å². The second-order valence-corrected chi connectivity index (χ2v) is 4.64. The van der Waals surface area contributed by atoms with E-state index in [4.69, 9.17) is 9.26 Å². The summed E-state index contributed by atoms with van der Waals surface area (Å²) in [5, 5.41) is 8.76. The second-order valence-electron chi connectivity index (χ2n) is 4.64. The number of urea groups is 1. The molecule has 1 heterocycles. The number of hydrogen-bond donors (Lipinski definition) is 2. The van der Waals surface area contributed by atoms with Crippen LogP contribution in [-0.2, 0) is 4.74 Å². The summed E-state index contributed by atoms with van der Waals surface area (Å²) in [5.41, 5.74) is 2.17. The second kappa shape index (κ2) is 6.75. The molecule has 22 heavy (non-hydrogen) atoms. The van der Waals surface area contributed by atoms with Crippen molar-refractivity contribution in [2.24, 2.45) is 0 Å². The number of amides is 2. The number of esters is 1. The Morgan fingerprint density at radius 2 is 1.86 bits per heavy atom. The largest absolute Gasteiger partial charge is 0.462 e. The number of aromatic nitrogens is 1. The average molecular weight is 303 g/mol. The summed E-state index contributed by atoms with van der Waals surface area (Å²) in [6.07, 6.45) is 0. The van der Waals surface area contributed by atoms with Gasteiger partial charge in [0.25, 0.3) is 0 Å². The van der Waals surface area contributed by atoms with Crippen molar-refractivity contribution in [1.29, 1.82) is 0 Å². The predicted molar refractivity (Wildman–Crippen MR) is 81.0 cm³/mol. The lowest BCUT2D eigenvalue weighted by Crippen LogP contribution is -2.20.